The standard InChI is InChI=1S/C16H19N3O2/c1-4-17-15(20)9-18-16(21)13-8-11(3)19-14-6-5-10(2)7-12(13)14/h5-8H,4,9H2,1-3H3,(H,17,20)(H,18,21). The second-order valence-corrected chi connectivity index (χ2v) is 4.97. The van der Waals surface area contributed by atoms with Gasteiger partial charge in [0, 0.05) is 17.6 Å². The number of nitrogens with one attached hydrogen (secondary N) is 2. The fourth-order valence-corrected chi connectivity index (χ4v) is 2.18. The van der Waals surface area contributed by atoms with Gasteiger partial charge in [-0.25, -0.2) is 0 Å². The van der Waals surface area contributed by atoms with Crippen molar-refractivity contribution in [2.45, 2.75) is 20.8 Å². The maximum Gasteiger partial charge on any atom is 0.252 e. The van der Waals surface area contributed by atoms with Gasteiger partial charge in [-0.2, -0.15) is 0 Å². The first-order valence-electron chi connectivity index (χ1n) is 6.94. The van der Waals surface area contributed by atoms with E-state index in [1.165, 1.54) is 0 Å². The molecule has 0 saturated carbocycles. The predicted molar refractivity (Wildman–Crippen MR) is 82.2 cm³/mol. The smallest absolute Gasteiger partial charge is 0.252 e. The van der Waals surface area contributed by atoms with Gasteiger partial charge in [0.05, 0.1) is 17.6 Å². The van der Waals surface area contributed by atoms with E-state index in [0.29, 0.717) is 12.1 Å². The third kappa shape index (κ3) is 3.56. The lowest BCUT2D eigenvalue weighted by Gasteiger charge is -2.09. The third-order valence-corrected chi connectivity index (χ3v) is 3.12. The zero-order valence-electron chi connectivity index (χ0n) is 12.5. The second kappa shape index (κ2) is 6.35. The molecule has 0 bridgehead atoms. The summed E-state index contributed by atoms with van der Waals surface area (Å²) in [5, 5.41) is 6.09. The summed E-state index contributed by atoms with van der Waals surface area (Å²) in [5.41, 5.74) is 3.16. The van der Waals surface area contributed by atoms with Crippen molar-refractivity contribution in [2.75, 3.05) is 13.1 Å². The number of likely N-dealkylation sites (N-methyl/N-ethyl adjacent to an activating group) is 1. The number of carbonyl (C=O) groups is 2. The Hall–Kier alpha value is -2.43. The molecule has 0 radical (unpaired) electrons. The molecule has 2 rings (SSSR count). The summed E-state index contributed by atoms with van der Waals surface area (Å²) in [6.07, 6.45) is 0. The van der Waals surface area contributed by atoms with Crippen molar-refractivity contribution in [3.05, 3.63) is 41.1 Å². The van der Waals surface area contributed by atoms with E-state index in [9.17, 15) is 9.59 Å². The molecule has 1 heterocycles. The van der Waals surface area contributed by atoms with Crippen LogP contribution in [0.1, 0.15) is 28.5 Å². The number of hydrogen-bond acceptors (Lipinski definition) is 3. The van der Waals surface area contributed by atoms with Gasteiger partial charge < -0.3 is 10.6 Å². The van der Waals surface area contributed by atoms with E-state index >= 15 is 0 Å². The second-order valence-electron chi connectivity index (χ2n) is 4.97. The van der Waals surface area contributed by atoms with Crippen LogP contribution in [0.25, 0.3) is 10.9 Å². The fraction of sp³-hybridized carbons (Fsp3) is 0.312. The van der Waals surface area contributed by atoms with Crippen molar-refractivity contribution in [2.24, 2.45) is 0 Å². The van der Waals surface area contributed by atoms with Crippen LogP contribution in [0.5, 0.6) is 0 Å². The Morgan fingerprint density at radius 1 is 1.14 bits per heavy atom. The van der Waals surface area contributed by atoms with E-state index in [0.717, 1.165) is 22.2 Å². The van der Waals surface area contributed by atoms with E-state index in [4.69, 9.17) is 0 Å². The molecule has 0 saturated heterocycles. The first-order chi connectivity index (χ1) is 10.0. The predicted octanol–water partition coefficient (Wildman–Crippen LogP) is 1.72. The third-order valence-electron chi connectivity index (χ3n) is 3.12. The van der Waals surface area contributed by atoms with Crippen LogP contribution < -0.4 is 10.6 Å². The van der Waals surface area contributed by atoms with Crippen molar-refractivity contribution in [3.63, 3.8) is 0 Å². The SMILES string of the molecule is CCNC(=O)CNC(=O)c1cc(C)nc2ccc(C)cc12. The van der Waals surface area contributed by atoms with Crippen LogP contribution in [0.3, 0.4) is 0 Å². The minimum absolute atomic E-state index is 0.0264. The van der Waals surface area contributed by atoms with Gasteiger partial charge in [0.25, 0.3) is 5.91 Å². The number of fused-ring (bicyclic) bond motifs is 1. The number of hydrogen-bond donors (Lipinski definition) is 2. The Kier molecular flexibility index (Phi) is 4.52. The fourth-order valence-electron chi connectivity index (χ4n) is 2.18. The van der Waals surface area contributed by atoms with E-state index in [2.05, 4.69) is 15.6 Å². The summed E-state index contributed by atoms with van der Waals surface area (Å²) in [7, 11) is 0. The zero-order valence-corrected chi connectivity index (χ0v) is 12.5. The van der Waals surface area contributed by atoms with Gasteiger partial charge in [0.1, 0.15) is 0 Å². The van der Waals surface area contributed by atoms with E-state index in [1.54, 1.807) is 6.07 Å². The highest BCUT2D eigenvalue weighted by Gasteiger charge is 2.13. The van der Waals surface area contributed by atoms with Crippen LogP contribution in [0.15, 0.2) is 24.3 Å². The van der Waals surface area contributed by atoms with Gasteiger partial charge in [-0.15, -0.1) is 0 Å². The number of aryl methyl sites for hydroxylation is 2. The van der Waals surface area contributed by atoms with Crippen LogP contribution >= 0.6 is 0 Å². The Morgan fingerprint density at radius 3 is 2.62 bits per heavy atom. The first kappa shape index (κ1) is 15.0. The Balaban J connectivity index is 2.30. The van der Waals surface area contributed by atoms with Crippen molar-refractivity contribution < 1.29 is 9.59 Å². The van der Waals surface area contributed by atoms with Crippen LogP contribution in [0.2, 0.25) is 0 Å². The summed E-state index contributed by atoms with van der Waals surface area (Å²) in [6.45, 7) is 6.17. The van der Waals surface area contributed by atoms with Gasteiger partial charge >= 0.3 is 0 Å². The van der Waals surface area contributed by atoms with Crippen LogP contribution in [-0.2, 0) is 4.79 Å². The molecule has 0 aliphatic rings. The molecule has 2 N–H and O–H groups in total. The van der Waals surface area contributed by atoms with Crippen molar-refractivity contribution in [1.29, 1.82) is 0 Å². The van der Waals surface area contributed by atoms with Gasteiger partial charge in [0.2, 0.25) is 5.91 Å². The Labute approximate surface area is 123 Å². The quantitative estimate of drug-likeness (QED) is 0.898. The molecule has 0 aliphatic carbocycles. The monoisotopic (exact) mass is 285 g/mol. The molecule has 0 fully saturated rings. The highest BCUT2D eigenvalue weighted by Crippen LogP contribution is 2.19. The van der Waals surface area contributed by atoms with Crippen LogP contribution in [0.4, 0.5) is 0 Å². The molecule has 0 aliphatic heterocycles. The lowest BCUT2D eigenvalue weighted by atomic mass is 10.0. The molecule has 1 aromatic carbocycles. The molecule has 110 valence electrons. The van der Waals surface area contributed by atoms with Gasteiger partial charge in [-0.1, -0.05) is 11.6 Å². The molecule has 5 nitrogen and oxygen atoms in total. The molecule has 2 aromatic rings. The number of amides is 2. The minimum Gasteiger partial charge on any atom is -0.355 e. The van der Waals surface area contributed by atoms with Crippen molar-refractivity contribution in [1.82, 2.24) is 15.6 Å². The average Bonchev–Trinajstić information content (AvgIpc) is 2.44. The van der Waals surface area contributed by atoms with Crippen molar-refractivity contribution >= 4 is 22.7 Å². The summed E-state index contributed by atoms with van der Waals surface area (Å²) >= 11 is 0. The normalized spacial score (nSPS) is 10.4. The van der Waals surface area contributed by atoms with E-state index in [1.807, 2.05) is 39.0 Å². The summed E-state index contributed by atoms with van der Waals surface area (Å²) in [5.74, 6) is -0.459. The highest BCUT2D eigenvalue weighted by molar-refractivity contribution is 6.07. The highest BCUT2D eigenvalue weighted by atomic mass is 16.2. The van der Waals surface area contributed by atoms with E-state index < -0.39 is 0 Å². The molecule has 5 heteroatoms. The molecule has 21 heavy (non-hydrogen) atoms. The molecule has 0 spiro atoms. The molecule has 0 unspecified atom stereocenters. The first-order valence-corrected chi connectivity index (χ1v) is 6.94. The largest absolute Gasteiger partial charge is 0.355 e. The molecular weight excluding hydrogens is 266 g/mol. The number of aromatic nitrogens is 1. The Bertz CT molecular complexity index is 695. The Morgan fingerprint density at radius 2 is 1.90 bits per heavy atom. The molecule has 1 aromatic heterocycles. The molecular formula is C16H19N3O2. The summed E-state index contributed by atoms with van der Waals surface area (Å²) in [4.78, 5) is 28.2. The van der Waals surface area contributed by atoms with E-state index in [-0.39, 0.29) is 18.4 Å². The maximum absolute atomic E-state index is 12.3. The minimum atomic E-state index is -0.262. The summed E-state index contributed by atoms with van der Waals surface area (Å²) in [6, 6.07) is 7.54. The maximum atomic E-state index is 12.3. The number of benzene rings is 1. The number of carbonyl (C=O) groups excluding carboxylic acids is 2. The lowest BCUT2D eigenvalue weighted by molar-refractivity contribution is -0.120. The topological polar surface area (TPSA) is 71.1 Å². The van der Waals surface area contributed by atoms with Crippen molar-refractivity contribution in [3.8, 4) is 0 Å². The summed E-state index contributed by atoms with van der Waals surface area (Å²) < 4.78 is 0. The van der Waals surface area contributed by atoms with Crippen LogP contribution in [-0.4, -0.2) is 29.9 Å². The molecule has 0 atom stereocenters. The van der Waals surface area contributed by atoms with Crippen LogP contribution in [0, 0.1) is 13.8 Å². The average molecular weight is 285 g/mol. The van der Waals surface area contributed by atoms with Gasteiger partial charge in [0.15, 0.2) is 0 Å². The lowest BCUT2D eigenvalue weighted by Crippen LogP contribution is -2.36. The van der Waals surface area contributed by atoms with Gasteiger partial charge in [-0.3, -0.25) is 14.6 Å². The zero-order chi connectivity index (χ0) is 15.4. The number of pyridine rings is 1. The number of rotatable bonds is 4. The van der Waals surface area contributed by atoms with Gasteiger partial charge in [-0.05, 0) is 39.0 Å². The number of nitrogens with zero attached hydrogens (tertiary/aromatic N) is 1. The molecule has 2 amide bonds.